The van der Waals surface area contributed by atoms with Gasteiger partial charge in [-0.2, -0.15) is 0 Å². The second-order valence-corrected chi connectivity index (χ2v) is 4.08. The Labute approximate surface area is 72.2 Å². The molecule has 3 nitrogen and oxygen atoms in total. The van der Waals surface area contributed by atoms with Crippen LogP contribution in [0.3, 0.4) is 0 Å². The van der Waals surface area contributed by atoms with E-state index in [0.717, 1.165) is 19.4 Å². The van der Waals surface area contributed by atoms with E-state index >= 15 is 0 Å². The van der Waals surface area contributed by atoms with Crippen molar-refractivity contribution in [3.63, 3.8) is 0 Å². The molecular formula is C9H15NO2. The van der Waals surface area contributed by atoms with Crippen LogP contribution < -0.4 is 5.32 Å². The van der Waals surface area contributed by atoms with Gasteiger partial charge in [-0.1, -0.05) is 19.3 Å². The van der Waals surface area contributed by atoms with Crippen LogP contribution >= 0.6 is 0 Å². The first-order chi connectivity index (χ1) is 5.75. The Morgan fingerprint density at radius 1 is 1.33 bits per heavy atom. The first-order valence-corrected chi connectivity index (χ1v) is 4.71. The second-order valence-electron chi connectivity index (χ2n) is 4.08. The molecule has 2 aliphatic rings. The SMILES string of the molecule is O=C(O)C1NCC12CCCCC2. The van der Waals surface area contributed by atoms with Crippen LogP contribution in [0.1, 0.15) is 32.1 Å². The molecule has 2 N–H and O–H groups in total. The molecule has 0 amide bonds. The molecule has 0 radical (unpaired) electrons. The van der Waals surface area contributed by atoms with Crippen molar-refractivity contribution < 1.29 is 9.90 Å². The van der Waals surface area contributed by atoms with Crippen LogP contribution in [-0.4, -0.2) is 23.7 Å². The van der Waals surface area contributed by atoms with Crippen molar-refractivity contribution in [3.8, 4) is 0 Å². The molecule has 1 aliphatic heterocycles. The molecular weight excluding hydrogens is 154 g/mol. The lowest BCUT2D eigenvalue weighted by atomic mass is 9.64. The maximum atomic E-state index is 10.8. The lowest BCUT2D eigenvalue weighted by Gasteiger charge is -2.50. The standard InChI is InChI=1S/C9H15NO2/c11-8(12)7-9(6-10-7)4-2-1-3-5-9/h7,10H,1-6H2,(H,11,12). The number of carboxylic acids is 1. The number of carbonyl (C=O) groups is 1. The summed E-state index contributed by atoms with van der Waals surface area (Å²) >= 11 is 0. The molecule has 2 rings (SSSR count). The predicted octanol–water partition coefficient (Wildman–Crippen LogP) is 0.993. The third-order valence-corrected chi connectivity index (χ3v) is 3.37. The monoisotopic (exact) mass is 169 g/mol. The molecule has 1 unspecified atom stereocenters. The average molecular weight is 169 g/mol. The van der Waals surface area contributed by atoms with Crippen LogP contribution in [0.5, 0.6) is 0 Å². The Morgan fingerprint density at radius 3 is 2.42 bits per heavy atom. The summed E-state index contributed by atoms with van der Waals surface area (Å²) in [5.74, 6) is -0.664. The van der Waals surface area contributed by atoms with Gasteiger partial charge in [-0.15, -0.1) is 0 Å². The van der Waals surface area contributed by atoms with Crippen LogP contribution in [0.4, 0.5) is 0 Å². The van der Waals surface area contributed by atoms with Crippen molar-refractivity contribution in [3.05, 3.63) is 0 Å². The lowest BCUT2D eigenvalue weighted by Crippen LogP contribution is -2.66. The molecule has 1 aliphatic carbocycles. The number of aliphatic carboxylic acids is 1. The van der Waals surface area contributed by atoms with E-state index in [-0.39, 0.29) is 11.5 Å². The van der Waals surface area contributed by atoms with Gasteiger partial charge in [0.2, 0.25) is 0 Å². The van der Waals surface area contributed by atoms with Crippen molar-refractivity contribution in [1.29, 1.82) is 0 Å². The van der Waals surface area contributed by atoms with Crippen LogP contribution in [0.25, 0.3) is 0 Å². The molecule has 0 bridgehead atoms. The zero-order valence-corrected chi connectivity index (χ0v) is 7.18. The number of hydrogen-bond acceptors (Lipinski definition) is 2. The molecule has 1 saturated heterocycles. The quantitative estimate of drug-likeness (QED) is 0.615. The first kappa shape index (κ1) is 8.05. The highest BCUT2D eigenvalue weighted by Gasteiger charge is 2.50. The Morgan fingerprint density at radius 2 is 2.00 bits per heavy atom. The Hall–Kier alpha value is -0.570. The summed E-state index contributed by atoms with van der Waals surface area (Å²) < 4.78 is 0. The van der Waals surface area contributed by atoms with E-state index in [1.54, 1.807) is 0 Å². The molecule has 12 heavy (non-hydrogen) atoms. The number of carboxylic acid groups (broad SMARTS) is 1. The van der Waals surface area contributed by atoms with E-state index in [0.29, 0.717) is 0 Å². The summed E-state index contributed by atoms with van der Waals surface area (Å²) in [7, 11) is 0. The van der Waals surface area contributed by atoms with Crippen LogP contribution in [0.2, 0.25) is 0 Å². The van der Waals surface area contributed by atoms with Gasteiger partial charge in [0.1, 0.15) is 6.04 Å². The molecule has 1 heterocycles. The Kier molecular flexibility index (Phi) is 1.83. The van der Waals surface area contributed by atoms with E-state index in [9.17, 15) is 4.79 Å². The van der Waals surface area contributed by atoms with Gasteiger partial charge >= 0.3 is 5.97 Å². The van der Waals surface area contributed by atoms with Crippen molar-refractivity contribution in [1.82, 2.24) is 5.32 Å². The van der Waals surface area contributed by atoms with Crippen LogP contribution in [0.15, 0.2) is 0 Å². The fourth-order valence-electron chi connectivity index (χ4n) is 2.56. The van der Waals surface area contributed by atoms with E-state index in [1.165, 1.54) is 19.3 Å². The van der Waals surface area contributed by atoms with Crippen molar-refractivity contribution in [2.45, 2.75) is 38.1 Å². The van der Waals surface area contributed by atoms with Gasteiger partial charge in [-0.3, -0.25) is 4.79 Å². The van der Waals surface area contributed by atoms with E-state index in [2.05, 4.69) is 5.32 Å². The zero-order chi connectivity index (χ0) is 8.60. The minimum Gasteiger partial charge on any atom is -0.480 e. The smallest absolute Gasteiger partial charge is 0.321 e. The van der Waals surface area contributed by atoms with E-state index in [1.807, 2.05) is 0 Å². The molecule has 2 fully saturated rings. The minimum atomic E-state index is -0.664. The van der Waals surface area contributed by atoms with Gasteiger partial charge in [-0.25, -0.2) is 0 Å². The highest BCUT2D eigenvalue weighted by Crippen LogP contribution is 2.43. The van der Waals surface area contributed by atoms with Crippen LogP contribution in [0, 0.1) is 5.41 Å². The molecule has 3 heteroatoms. The maximum Gasteiger partial charge on any atom is 0.321 e. The van der Waals surface area contributed by atoms with Gasteiger partial charge in [-0.05, 0) is 12.8 Å². The number of hydrogen-bond donors (Lipinski definition) is 2. The van der Waals surface area contributed by atoms with Gasteiger partial charge in [0.05, 0.1) is 0 Å². The highest BCUT2D eigenvalue weighted by atomic mass is 16.4. The van der Waals surface area contributed by atoms with Crippen molar-refractivity contribution >= 4 is 5.97 Å². The topological polar surface area (TPSA) is 49.3 Å². The molecule has 0 aromatic heterocycles. The van der Waals surface area contributed by atoms with E-state index in [4.69, 9.17) is 5.11 Å². The lowest BCUT2D eigenvalue weighted by molar-refractivity contribution is -0.149. The van der Waals surface area contributed by atoms with Crippen molar-refractivity contribution in [2.24, 2.45) is 5.41 Å². The fourth-order valence-corrected chi connectivity index (χ4v) is 2.56. The molecule has 1 saturated carbocycles. The summed E-state index contributed by atoms with van der Waals surface area (Å²) in [6.45, 7) is 0.921. The van der Waals surface area contributed by atoms with Gasteiger partial charge in [0, 0.05) is 12.0 Å². The third-order valence-electron chi connectivity index (χ3n) is 3.37. The van der Waals surface area contributed by atoms with Crippen molar-refractivity contribution in [2.75, 3.05) is 6.54 Å². The highest BCUT2D eigenvalue weighted by molar-refractivity contribution is 5.76. The largest absolute Gasteiger partial charge is 0.480 e. The summed E-state index contributed by atoms with van der Waals surface area (Å²) in [5.41, 5.74) is 0.129. The second kappa shape index (κ2) is 2.73. The Bertz CT molecular complexity index is 197. The summed E-state index contributed by atoms with van der Waals surface area (Å²) in [6, 6.07) is -0.252. The molecule has 1 spiro atoms. The summed E-state index contributed by atoms with van der Waals surface area (Å²) in [6.07, 6.45) is 5.93. The maximum absolute atomic E-state index is 10.8. The predicted molar refractivity (Wildman–Crippen MR) is 44.9 cm³/mol. The van der Waals surface area contributed by atoms with Gasteiger partial charge in [0.15, 0.2) is 0 Å². The molecule has 68 valence electrons. The fraction of sp³-hybridized carbons (Fsp3) is 0.889. The molecule has 1 atom stereocenters. The third kappa shape index (κ3) is 1.04. The average Bonchev–Trinajstić information content (AvgIpc) is 2.03. The molecule has 0 aromatic rings. The minimum absolute atomic E-state index is 0.129. The Balaban J connectivity index is 2.05. The molecule has 0 aromatic carbocycles. The number of nitrogens with one attached hydrogen (secondary N) is 1. The number of rotatable bonds is 1. The summed E-state index contributed by atoms with van der Waals surface area (Å²) in [5, 5.41) is 11.9. The normalized spacial score (nSPS) is 32.8. The summed E-state index contributed by atoms with van der Waals surface area (Å²) in [4.78, 5) is 10.8. The van der Waals surface area contributed by atoms with Gasteiger partial charge < -0.3 is 10.4 Å². The van der Waals surface area contributed by atoms with Gasteiger partial charge in [0.25, 0.3) is 0 Å². The van der Waals surface area contributed by atoms with Crippen LogP contribution in [-0.2, 0) is 4.79 Å². The zero-order valence-electron chi connectivity index (χ0n) is 7.18. The first-order valence-electron chi connectivity index (χ1n) is 4.71. The van der Waals surface area contributed by atoms with E-state index < -0.39 is 5.97 Å².